The van der Waals surface area contributed by atoms with Gasteiger partial charge in [0.25, 0.3) is 0 Å². The van der Waals surface area contributed by atoms with Crippen molar-refractivity contribution in [2.75, 3.05) is 45.0 Å². The molecule has 2 aliphatic rings. The molecule has 0 aromatic heterocycles. The first-order valence-electron chi connectivity index (χ1n) is 9.92. The molecule has 1 aromatic rings. The van der Waals surface area contributed by atoms with Crippen molar-refractivity contribution in [3.05, 3.63) is 30.1 Å². The molecular formula is C18H27FN4O5S2. The van der Waals surface area contributed by atoms with Gasteiger partial charge in [-0.05, 0) is 38.0 Å². The highest BCUT2D eigenvalue weighted by atomic mass is 32.2. The third kappa shape index (κ3) is 5.10. The average molecular weight is 463 g/mol. The van der Waals surface area contributed by atoms with Gasteiger partial charge in [-0.25, -0.2) is 30.3 Å². The number of hydrogen-bond donors (Lipinski definition) is 1. The molecule has 9 nitrogen and oxygen atoms in total. The van der Waals surface area contributed by atoms with Crippen LogP contribution in [0.15, 0.2) is 29.2 Å². The molecule has 2 saturated heterocycles. The van der Waals surface area contributed by atoms with Crippen LogP contribution in [0.5, 0.6) is 0 Å². The van der Waals surface area contributed by atoms with Gasteiger partial charge in [0, 0.05) is 45.3 Å². The molecule has 1 N–H and O–H groups in total. The Labute approximate surface area is 176 Å². The number of piperidine rings is 1. The Balaban J connectivity index is 1.50. The molecule has 2 aliphatic heterocycles. The van der Waals surface area contributed by atoms with Crippen LogP contribution in [0, 0.1) is 5.82 Å². The molecule has 0 aliphatic carbocycles. The van der Waals surface area contributed by atoms with Gasteiger partial charge in [0.15, 0.2) is 0 Å². The van der Waals surface area contributed by atoms with E-state index in [4.69, 9.17) is 0 Å². The number of benzene rings is 1. The maximum absolute atomic E-state index is 13.4. The second-order valence-electron chi connectivity index (χ2n) is 7.37. The van der Waals surface area contributed by atoms with Crippen molar-refractivity contribution in [1.82, 2.24) is 18.8 Å². The highest BCUT2D eigenvalue weighted by Gasteiger charge is 2.32. The van der Waals surface area contributed by atoms with Crippen LogP contribution >= 0.6 is 0 Å². The lowest BCUT2D eigenvalue weighted by molar-refractivity contribution is 0.164. The lowest BCUT2D eigenvalue weighted by Crippen LogP contribution is -2.55. The standard InChI is InChI=1S/C18H27FN4O5S2/c1-2-29(25,26)22-8-6-16(7-9-22)20-18(24)21-10-12-23(13-11-21)30(27,28)17-5-3-4-15(19)14-17/h3-5,14,16H,2,6-13H2,1H3,(H,20,24). The van der Waals surface area contributed by atoms with Gasteiger partial charge in [-0.15, -0.1) is 0 Å². The average Bonchev–Trinajstić information content (AvgIpc) is 2.74. The molecule has 0 bridgehead atoms. The molecular weight excluding hydrogens is 435 g/mol. The first-order chi connectivity index (χ1) is 14.1. The molecule has 1 aromatic carbocycles. The summed E-state index contributed by atoms with van der Waals surface area (Å²) in [7, 11) is -7.03. The normalized spacial score (nSPS) is 20.3. The van der Waals surface area contributed by atoms with Gasteiger partial charge in [-0.1, -0.05) is 6.07 Å². The molecule has 3 rings (SSSR count). The van der Waals surface area contributed by atoms with Crippen LogP contribution in [0.3, 0.4) is 0 Å². The van der Waals surface area contributed by atoms with Gasteiger partial charge >= 0.3 is 6.03 Å². The van der Waals surface area contributed by atoms with E-state index in [1.807, 2.05) is 0 Å². The molecule has 168 valence electrons. The van der Waals surface area contributed by atoms with Gasteiger partial charge in [-0.3, -0.25) is 0 Å². The molecule has 2 heterocycles. The zero-order valence-electron chi connectivity index (χ0n) is 16.8. The summed E-state index contributed by atoms with van der Waals surface area (Å²) in [6.45, 7) is 3.06. The number of carbonyl (C=O) groups is 1. The summed E-state index contributed by atoms with van der Waals surface area (Å²) in [6, 6.07) is 4.47. The number of carbonyl (C=O) groups excluding carboxylic acids is 1. The lowest BCUT2D eigenvalue weighted by atomic mass is 10.1. The van der Waals surface area contributed by atoms with Crippen molar-refractivity contribution in [2.45, 2.75) is 30.7 Å². The first-order valence-corrected chi connectivity index (χ1v) is 13.0. The predicted molar refractivity (Wildman–Crippen MR) is 109 cm³/mol. The van der Waals surface area contributed by atoms with Gasteiger partial charge in [0.05, 0.1) is 10.6 Å². The number of rotatable bonds is 5. The Hall–Kier alpha value is -1.76. The van der Waals surface area contributed by atoms with E-state index in [2.05, 4.69) is 5.32 Å². The second kappa shape index (κ2) is 9.16. The van der Waals surface area contributed by atoms with Crippen molar-refractivity contribution in [3.8, 4) is 0 Å². The number of piperazine rings is 1. The number of amides is 2. The van der Waals surface area contributed by atoms with E-state index in [0.717, 1.165) is 6.07 Å². The molecule has 30 heavy (non-hydrogen) atoms. The number of halogens is 1. The van der Waals surface area contributed by atoms with Crippen molar-refractivity contribution < 1.29 is 26.0 Å². The van der Waals surface area contributed by atoms with E-state index in [1.165, 1.54) is 26.8 Å². The maximum Gasteiger partial charge on any atom is 0.317 e. The van der Waals surface area contributed by atoms with Crippen molar-refractivity contribution in [3.63, 3.8) is 0 Å². The van der Waals surface area contributed by atoms with Crippen LogP contribution in [-0.2, 0) is 20.0 Å². The summed E-state index contributed by atoms with van der Waals surface area (Å²) in [5.74, 6) is -0.556. The highest BCUT2D eigenvalue weighted by Crippen LogP contribution is 2.19. The van der Waals surface area contributed by atoms with Gasteiger partial charge < -0.3 is 10.2 Å². The zero-order chi connectivity index (χ0) is 21.9. The minimum Gasteiger partial charge on any atom is -0.335 e. The smallest absolute Gasteiger partial charge is 0.317 e. The minimum atomic E-state index is -3.81. The van der Waals surface area contributed by atoms with Crippen molar-refractivity contribution in [1.29, 1.82) is 0 Å². The number of nitrogens with zero attached hydrogens (tertiary/aromatic N) is 3. The quantitative estimate of drug-likeness (QED) is 0.692. The van der Waals surface area contributed by atoms with Gasteiger partial charge in [-0.2, -0.15) is 4.31 Å². The Morgan fingerprint density at radius 2 is 1.67 bits per heavy atom. The van der Waals surface area contributed by atoms with Crippen LogP contribution in [0.25, 0.3) is 0 Å². The fraction of sp³-hybridized carbons (Fsp3) is 0.611. The third-order valence-electron chi connectivity index (χ3n) is 5.50. The summed E-state index contributed by atoms with van der Waals surface area (Å²) in [6.07, 6.45) is 1.08. The Kier molecular flexibility index (Phi) is 7.00. The van der Waals surface area contributed by atoms with Crippen LogP contribution in [0.2, 0.25) is 0 Å². The predicted octanol–water partition coefficient (Wildman–Crippen LogP) is 0.656. The zero-order valence-corrected chi connectivity index (χ0v) is 18.5. The van der Waals surface area contributed by atoms with Gasteiger partial charge in [0.2, 0.25) is 20.0 Å². The first kappa shape index (κ1) is 22.9. The number of nitrogens with one attached hydrogen (secondary N) is 1. The summed E-state index contributed by atoms with van der Waals surface area (Å²) in [4.78, 5) is 14.0. The van der Waals surface area contributed by atoms with Crippen molar-refractivity contribution >= 4 is 26.1 Å². The molecule has 2 amide bonds. The minimum absolute atomic E-state index is 0.0623. The fourth-order valence-corrected chi connectivity index (χ4v) is 6.22. The Bertz CT molecular complexity index is 970. The van der Waals surface area contributed by atoms with Gasteiger partial charge in [0.1, 0.15) is 5.82 Å². The highest BCUT2D eigenvalue weighted by molar-refractivity contribution is 7.89. The van der Waals surface area contributed by atoms with E-state index >= 15 is 0 Å². The van der Waals surface area contributed by atoms with Crippen LogP contribution < -0.4 is 5.32 Å². The molecule has 0 spiro atoms. The van der Waals surface area contributed by atoms with E-state index in [0.29, 0.717) is 25.9 Å². The second-order valence-corrected chi connectivity index (χ2v) is 11.6. The Morgan fingerprint density at radius 3 is 2.23 bits per heavy atom. The van der Waals surface area contributed by atoms with E-state index in [-0.39, 0.29) is 48.9 Å². The monoisotopic (exact) mass is 462 g/mol. The topological polar surface area (TPSA) is 107 Å². The third-order valence-corrected chi connectivity index (χ3v) is 9.28. The van der Waals surface area contributed by atoms with E-state index in [1.54, 1.807) is 11.8 Å². The lowest BCUT2D eigenvalue weighted by Gasteiger charge is -2.36. The summed E-state index contributed by atoms with van der Waals surface area (Å²) < 4.78 is 65.2. The molecule has 12 heteroatoms. The number of sulfonamides is 2. The Morgan fingerprint density at radius 1 is 1.03 bits per heavy atom. The van der Waals surface area contributed by atoms with Crippen LogP contribution in [-0.4, -0.2) is 87.4 Å². The fourth-order valence-electron chi connectivity index (χ4n) is 3.63. The number of urea groups is 1. The molecule has 2 fully saturated rings. The largest absolute Gasteiger partial charge is 0.335 e. The molecule has 0 saturated carbocycles. The summed E-state index contributed by atoms with van der Waals surface area (Å²) >= 11 is 0. The summed E-state index contributed by atoms with van der Waals surface area (Å²) in [5, 5.41) is 2.92. The molecule has 0 atom stereocenters. The number of hydrogen-bond acceptors (Lipinski definition) is 5. The maximum atomic E-state index is 13.4. The van der Waals surface area contributed by atoms with E-state index in [9.17, 15) is 26.0 Å². The summed E-state index contributed by atoms with van der Waals surface area (Å²) in [5.41, 5.74) is 0. The van der Waals surface area contributed by atoms with Crippen LogP contribution in [0.1, 0.15) is 19.8 Å². The molecule has 0 radical (unpaired) electrons. The SMILES string of the molecule is CCS(=O)(=O)N1CCC(NC(=O)N2CCN(S(=O)(=O)c3cccc(F)c3)CC2)CC1. The van der Waals surface area contributed by atoms with E-state index < -0.39 is 25.9 Å². The van der Waals surface area contributed by atoms with Crippen molar-refractivity contribution in [2.24, 2.45) is 0 Å². The van der Waals surface area contributed by atoms with Crippen LogP contribution in [0.4, 0.5) is 9.18 Å². The molecule has 0 unspecified atom stereocenters.